The Hall–Kier alpha value is -3.10. The van der Waals surface area contributed by atoms with Gasteiger partial charge in [-0.3, -0.25) is 9.69 Å². The third kappa shape index (κ3) is 3.09. The fourth-order valence-corrected chi connectivity index (χ4v) is 3.57. The number of ether oxygens (including phenoxy) is 1. The van der Waals surface area contributed by atoms with Crippen LogP contribution in [-0.2, 0) is 17.9 Å². The molecule has 0 radical (unpaired) electrons. The highest BCUT2D eigenvalue weighted by Crippen LogP contribution is 2.26. The van der Waals surface area contributed by atoms with E-state index < -0.39 is 11.7 Å². The number of nitrogens with zero attached hydrogens (tertiary/aromatic N) is 5. The number of hydrogen-bond acceptors (Lipinski definition) is 5. The number of carbonyl (C=O) groups is 2. The fraction of sp³-hybridized carbons (Fsp3) is 0.444. The van der Waals surface area contributed by atoms with Crippen molar-refractivity contribution in [1.29, 1.82) is 0 Å². The van der Waals surface area contributed by atoms with Crippen LogP contribution in [0.2, 0.25) is 0 Å². The van der Waals surface area contributed by atoms with Crippen LogP contribution in [0.3, 0.4) is 0 Å². The average Bonchev–Trinajstić information content (AvgIpc) is 3.18. The van der Waals surface area contributed by atoms with Crippen molar-refractivity contribution >= 4 is 17.6 Å². The molecule has 2 aliphatic heterocycles. The average molecular weight is 371 g/mol. The Labute approximate surface area is 155 Å². The highest BCUT2D eigenvalue weighted by atomic mass is 16.5. The first-order valence-corrected chi connectivity index (χ1v) is 9.01. The summed E-state index contributed by atoms with van der Waals surface area (Å²) in [6.45, 7) is 1.38. The van der Waals surface area contributed by atoms with Crippen LogP contribution in [0, 0.1) is 0 Å². The third-order valence-electron chi connectivity index (χ3n) is 5.00. The summed E-state index contributed by atoms with van der Waals surface area (Å²) >= 11 is 0. The van der Waals surface area contributed by atoms with Gasteiger partial charge in [-0.2, -0.15) is 9.67 Å². The predicted octanol–water partition coefficient (Wildman–Crippen LogP) is 1.05. The number of methoxy groups -OCH3 is 1. The first-order valence-electron chi connectivity index (χ1n) is 9.01. The van der Waals surface area contributed by atoms with Crippen molar-refractivity contribution in [3.63, 3.8) is 0 Å². The molecule has 0 N–H and O–H groups in total. The van der Waals surface area contributed by atoms with Gasteiger partial charge in [0.25, 0.3) is 0 Å². The van der Waals surface area contributed by atoms with Crippen LogP contribution in [0.25, 0.3) is 0 Å². The molecule has 0 saturated carbocycles. The van der Waals surface area contributed by atoms with Gasteiger partial charge in [0.15, 0.2) is 5.82 Å². The van der Waals surface area contributed by atoms with E-state index in [4.69, 9.17) is 4.74 Å². The number of benzene rings is 1. The zero-order valence-electron chi connectivity index (χ0n) is 15.1. The van der Waals surface area contributed by atoms with Gasteiger partial charge in [0.05, 0.1) is 13.7 Å². The van der Waals surface area contributed by atoms with Crippen LogP contribution in [0.4, 0.5) is 10.5 Å². The van der Waals surface area contributed by atoms with E-state index in [0.29, 0.717) is 30.4 Å². The van der Waals surface area contributed by atoms with Crippen molar-refractivity contribution in [3.05, 3.63) is 40.6 Å². The summed E-state index contributed by atoms with van der Waals surface area (Å²) in [5, 5.41) is 0. The SMILES string of the molecule is COc1cccc(N2Cc3nc(=O)n(CC(=O)N4CCCCC4)n3C2=O)c1. The van der Waals surface area contributed by atoms with Gasteiger partial charge < -0.3 is 9.64 Å². The van der Waals surface area contributed by atoms with Gasteiger partial charge in [0, 0.05) is 24.8 Å². The van der Waals surface area contributed by atoms with Gasteiger partial charge in [-0.1, -0.05) is 6.07 Å². The van der Waals surface area contributed by atoms with Crippen LogP contribution < -0.4 is 15.3 Å². The predicted molar refractivity (Wildman–Crippen MR) is 96.9 cm³/mol. The number of fused-ring (bicyclic) bond motifs is 1. The quantitative estimate of drug-likeness (QED) is 0.802. The first-order chi connectivity index (χ1) is 13.1. The van der Waals surface area contributed by atoms with Crippen LogP contribution >= 0.6 is 0 Å². The molecule has 1 saturated heterocycles. The van der Waals surface area contributed by atoms with E-state index in [0.717, 1.165) is 23.9 Å². The molecule has 1 fully saturated rings. The molecule has 3 heterocycles. The Morgan fingerprint density at radius 1 is 1.19 bits per heavy atom. The number of hydrogen-bond donors (Lipinski definition) is 0. The van der Waals surface area contributed by atoms with Crippen LogP contribution in [0.1, 0.15) is 25.1 Å². The maximum Gasteiger partial charge on any atom is 0.365 e. The van der Waals surface area contributed by atoms with Gasteiger partial charge in [-0.15, -0.1) is 0 Å². The lowest BCUT2D eigenvalue weighted by Crippen LogP contribution is -2.42. The van der Waals surface area contributed by atoms with Gasteiger partial charge >= 0.3 is 11.7 Å². The summed E-state index contributed by atoms with van der Waals surface area (Å²) in [5.74, 6) is 0.800. The second kappa shape index (κ2) is 6.90. The Bertz CT molecular complexity index is 941. The number of aromatic nitrogens is 3. The molecule has 2 aliphatic rings. The van der Waals surface area contributed by atoms with Gasteiger partial charge in [-0.05, 0) is 31.4 Å². The Morgan fingerprint density at radius 2 is 1.96 bits per heavy atom. The molecule has 0 spiro atoms. The molecule has 0 atom stereocenters. The van der Waals surface area contributed by atoms with E-state index >= 15 is 0 Å². The van der Waals surface area contributed by atoms with E-state index in [1.165, 1.54) is 9.58 Å². The summed E-state index contributed by atoms with van der Waals surface area (Å²) in [7, 11) is 1.56. The minimum atomic E-state index is -0.575. The van der Waals surface area contributed by atoms with Crippen molar-refractivity contribution in [2.24, 2.45) is 0 Å². The highest BCUT2D eigenvalue weighted by molar-refractivity contribution is 5.96. The molecule has 0 unspecified atom stereocenters. The number of likely N-dealkylation sites (tertiary alicyclic amines) is 1. The van der Waals surface area contributed by atoms with Crippen molar-refractivity contribution in [3.8, 4) is 5.75 Å². The van der Waals surface area contributed by atoms with E-state index in [9.17, 15) is 14.4 Å². The minimum absolute atomic E-state index is 0.160. The molecule has 9 nitrogen and oxygen atoms in total. The largest absolute Gasteiger partial charge is 0.497 e. The van der Waals surface area contributed by atoms with Crippen molar-refractivity contribution in [2.45, 2.75) is 32.4 Å². The van der Waals surface area contributed by atoms with Crippen molar-refractivity contribution < 1.29 is 14.3 Å². The minimum Gasteiger partial charge on any atom is -0.497 e. The lowest BCUT2D eigenvalue weighted by Gasteiger charge is -2.26. The number of anilines is 1. The van der Waals surface area contributed by atoms with Crippen molar-refractivity contribution in [1.82, 2.24) is 19.2 Å². The Morgan fingerprint density at radius 3 is 2.70 bits per heavy atom. The molecule has 27 heavy (non-hydrogen) atoms. The van der Waals surface area contributed by atoms with E-state index in [-0.39, 0.29) is 19.0 Å². The van der Waals surface area contributed by atoms with Crippen LogP contribution in [0.5, 0.6) is 5.75 Å². The molecular formula is C18H21N5O4. The molecule has 1 aromatic carbocycles. The van der Waals surface area contributed by atoms with Gasteiger partial charge in [0.1, 0.15) is 12.3 Å². The summed E-state index contributed by atoms with van der Waals surface area (Å²) in [6.07, 6.45) is 3.04. The molecular weight excluding hydrogens is 350 g/mol. The molecule has 9 heteroatoms. The standard InChI is InChI=1S/C18H21N5O4/c1-27-14-7-5-6-13(10-14)21-11-15-19-17(25)22(23(15)18(21)26)12-16(24)20-8-3-2-4-9-20/h5-7,10H,2-4,8-9,11-12H2,1H3. The summed E-state index contributed by atoms with van der Waals surface area (Å²) < 4.78 is 7.55. The highest BCUT2D eigenvalue weighted by Gasteiger charge is 2.34. The van der Waals surface area contributed by atoms with Crippen LogP contribution in [0.15, 0.2) is 29.1 Å². The topological polar surface area (TPSA) is 89.7 Å². The van der Waals surface area contributed by atoms with Crippen molar-refractivity contribution in [2.75, 3.05) is 25.1 Å². The lowest BCUT2D eigenvalue weighted by atomic mass is 10.1. The number of rotatable bonds is 4. The molecule has 2 aromatic rings. The molecule has 0 bridgehead atoms. The summed E-state index contributed by atoms with van der Waals surface area (Å²) in [6, 6.07) is 6.70. The number of piperidine rings is 1. The van der Waals surface area contributed by atoms with E-state index in [1.807, 2.05) is 0 Å². The maximum absolute atomic E-state index is 12.9. The summed E-state index contributed by atoms with van der Waals surface area (Å²) in [5.41, 5.74) is 0.0696. The molecule has 1 aromatic heterocycles. The molecule has 4 rings (SSSR count). The Balaban J connectivity index is 1.59. The van der Waals surface area contributed by atoms with Gasteiger partial charge in [0.2, 0.25) is 5.91 Å². The monoisotopic (exact) mass is 371 g/mol. The second-order valence-electron chi connectivity index (χ2n) is 6.69. The number of carbonyl (C=O) groups excluding carboxylic acids is 2. The first kappa shape index (κ1) is 17.3. The zero-order chi connectivity index (χ0) is 19.0. The van der Waals surface area contributed by atoms with Crippen LogP contribution in [-0.4, -0.2) is 51.4 Å². The maximum atomic E-state index is 12.9. The van der Waals surface area contributed by atoms with Gasteiger partial charge in [-0.25, -0.2) is 14.3 Å². The number of amides is 2. The summed E-state index contributed by atoms with van der Waals surface area (Å²) in [4.78, 5) is 44.9. The lowest BCUT2D eigenvalue weighted by molar-refractivity contribution is -0.133. The normalized spacial score (nSPS) is 16.6. The van der Waals surface area contributed by atoms with E-state index in [1.54, 1.807) is 36.3 Å². The Kier molecular flexibility index (Phi) is 4.43. The fourth-order valence-electron chi connectivity index (χ4n) is 3.57. The molecule has 2 amide bonds. The van der Waals surface area contributed by atoms with E-state index in [2.05, 4.69) is 4.98 Å². The zero-order valence-corrected chi connectivity index (χ0v) is 15.1. The second-order valence-corrected chi connectivity index (χ2v) is 6.69. The third-order valence-corrected chi connectivity index (χ3v) is 5.00. The smallest absolute Gasteiger partial charge is 0.365 e. The molecule has 0 aliphatic carbocycles. The molecule has 142 valence electrons.